The molecule has 1 aliphatic carbocycles. The van der Waals surface area contributed by atoms with Crippen LogP contribution in [0, 0.1) is 5.92 Å². The van der Waals surface area contributed by atoms with E-state index in [9.17, 15) is 4.79 Å². The Morgan fingerprint density at radius 1 is 1.55 bits per heavy atom. The van der Waals surface area contributed by atoms with Gasteiger partial charge in [-0.25, -0.2) is 0 Å². The summed E-state index contributed by atoms with van der Waals surface area (Å²) < 4.78 is 1.95. The molecule has 118 valence electrons. The monoisotopic (exact) mass is 336 g/mol. The third-order valence-corrected chi connectivity index (χ3v) is 6.44. The lowest BCUT2D eigenvalue weighted by Gasteiger charge is -2.19. The largest absolute Gasteiger partial charge is 0.369 e. The van der Waals surface area contributed by atoms with E-state index < -0.39 is 0 Å². The Bertz CT molecular complexity index is 692. The zero-order valence-corrected chi connectivity index (χ0v) is 14.5. The van der Waals surface area contributed by atoms with Gasteiger partial charge in [0.05, 0.1) is 10.6 Å². The van der Waals surface area contributed by atoms with E-state index in [4.69, 9.17) is 5.73 Å². The van der Waals surface area contributed by atoms with E-state index in [2.05, 4.69) is 23.2 Å². The Labute approximate surface area is 138 Å². The van der Waals surface area contributed by atoms with Crippen LogP contribution in [0.2, 0.25) is 0 Å². The summed E-state index contributed by atoms with van der Waals surface area (Å²) in [5, 5.41) is 9.20. The van der Waals surface area contributed by atoms with Gasteiger partial charge in [-0.1, -0.05) is 25.1 Å². The van der Waals surface area contributed by atoms with Crippen molar-refractivity contribution in [1.29, 1.82) is 0 Å². The van der Waals surface area contributed by atoms with Crippen LogP contribution < -0.4 is 5.73 Å². The standard InChI is InChI=1S/C15H20N4OS2/c1-3-9-4-5-11-10(6-9)7-12(22-11)14-17-18-15(19(14)2)21-8-13(16)20/h7,9H,3-6,8H2,1-2H3,(H2,16,20). The molecular weight excluding hydrogens is 316 g/mol. The van der Waals surface area contributed by atoms with Crippen molar-refractivity contribution in [2.24, 2.45) is 18.7 Å². The lowest BCUT2D eigenvalue weighted by Crippen LogP contribution is -2.13. The molecule has 0 bridgehead atoms. The molecule has 7 heteroatoms. The molecule has 0 radical (unpaired) electrons. The average Bonchev–Trinajstić information content (AvgIpc) is 3.07. The van der Waals surface area contributed by atoms with E-state index in [0.29, 0.717) is 0 Å². The number of thiophene rings is 1. The van der Waals surface area contributed by atoms with E-state index in [1.165, 1.54) is 52.8 Å². The number of carbonyl (C=O) groups is 1. The molecule has 1 aliphatic rings. The Hall–Kier alpha value is -1.34. The molecule has 2 aromatic rings. The Morgan fingerprint density at radius 2 is 2.36 bits per heavy atom. The summed E-state index contributed by atoms with van der Waals surface area (Å²) in [6.45, 7) is 2.27. The van der Waals surface area contributed by atoms with Crippen molar-refractivity contribution in [2.45, 2.75) is 37.8 Å². The van der Waals surface area contributed by atoms with Gasteiger partial charge < -0.3 is 10.3 Å². The second-order valence-electron chi connectivity index (χ2n) is 5.70. The van der Waals surface area contributed by atoms with Crippen LogP contribution in [0.15, 0.2) is 11.2 Å². The molecule has 5 nitrogen and oxygen atoms in total. The minimum Gasteiger partial charge on any atom is -0.369 e. The highest BCUT2D eigenvalue weighted by molar-refractivity contribution is 7.99. The zero-order chi connectivity index (χ0) is 15.7. The zero-order valence-electron chi connectivity index (χ0n) is 12.8. The summed E-state index contributed by atoms with van der Waals surface area (Å²) >= 11 is 3.16. The molecule has 0 aromatic carbocycles. The van der Waals surface area contributed by atoms with E-state index in [0.717, 1.165) is 16.9 Å². The molecule has 2 aromatic heterocycles. The van der Waals surface area contributed by atoms with Crippen LogP contribution in [0.5, 0.6) is 0 Å². The number of thioether (sulfide) groups is 1. The molecule has 22 heavy (non-hydrogen) atoms. The van der Waals surface area contributed by atoms with E-state index in [-0.39, 0.29) is 11.7 Å². The molecule has 1 unspecified atom stereocenters. The van der Waals surface area contributed by atoms with Crippen molar-refractivity contribution in [3.63, 3.8) is 0 Å². The highest BCUT2D eigenvalue weighted by Crippen LogP contribution is 2.37. The summed E-state index contributed by atoms with van der Waals surface area (Å²) in [7, 11) is 1.94. The van der Waals surface area contributed by atoms with Crippen molar-refractivity contribution < 1.29 is 4.79 Å². The van der Waals surface area contributed by atoms with E-state index >= 15 is 0 Å². The quantitative estimate of drug-likeness (QED) is 0.852. The summed E-state index contributed by atoms with van der Waals surface area (Å²) in [6.07, 6.45) is 4.91. The maximum absolute atomic E-state index is 10.9. The number of amides is 1. The number of nitrogens with zero attached hydrogens (tertiary/aromatic N) is 3. The number of aromatic nitrogens is 3. The minimum absolute atomic E-state index is 0.227. The highest BCUT2D eigenvalue weighted by atomic mass is 32.2. The normalized spacial score (nSPS) is 17.5. The van der Waals surface area contributed by atoms with E-state index in [1.807, 2.05) is 23.0 Å². The number of hydrogen-bond donors (Lipinski definition) is 1. The van der Waals surface area contributed by atoms with Crippen LogP contribution in [-0.4, -0.2) is 26.4 Å². The second kappa shape index (κ2) is 6.42. The molecule has 0 fully saturated rings. The number of primary amides is 1. The molecule has 0 saturated heterocycles. The van der Waals surface area contributed by atoms with Crippen LogP contribution in [-0.2, 0) is 24.7 Å². The third-order valence-electron chi connectivity index (χ3n) is 4.16. The predicted molar refractivity (Wildman–Crippen MR) is 90.0 cm³/mol. The van der Waals surface area contributed by atoms with Gasteiger partial charge in [0.2, 0.25) is 5.91 Å². The van der Waals surface area contributed by atoms with Crippen molar-refractivity contribution in [3.8, 4) is 10.7 Å². The van der Waals surface area contributed by atoms with E-state index in [1.54, 1.807) is 0 Å². The first-order valence-electron chi connectivity index (χ1n) is 7.51. The molecule has 1 atom stereocenters. The van der Waals surface area contributed by atoms with Gasteiger partial charge in [-0.3, -0.25) is 4.79 Å². The van der Waals surface area contributed by atoms with Gasteiger partial charge in [-0.15, -0.1) is 21.5 Å². The van der Waals surface area contributed by atoms with Gasteiger partial charge in [0.15, 0.2) is 11.0 Å². The van der Waals surface area contributed by atoms with Crippen molar-refractivity contribution >= 4 is 29.0 Å². The number of carbonyl (C=O) groups excluding carboxylic acids is 1. The van der Waals surface area contributed by atoms with Crippen LogP contribution in [0.25, 0.3) is 10.7 Å². The molecule has 0 spiro atoms. The maximum atomic E-state index is 10.9. The molecule has 3 rings (SSSR count). The SMILES string of the molecule is CCC1CCc2sc(-c3nnc(SCC(N)=O)n3C)cc2C1. The number of hydrogen-bond acceptors (Lipinski definition) is 5. The van der Waals surface area contributed by atoms with Gasteiger partial charge in [-0.2, -0.15) is 0 Å². The van der Waals surface area contributed by atoms with Crippen LogP contribution in [0.3, 0.4) is 0 Å². The topological polar surface area (TPSA) is 73.8 Å². The first-order valence-corrected chi connectivity index (χ1v) is 9.31. The summed E-state index contributed by atoms with van der Waals surface area (Å²) in [6, 6.07) is 2.27. The molecule has 0 aliphatic heterocycles. The van der Waals surface area contributed by atoms with Crippen molar-refractivity contribution in [2.75, 3.05) is 5.75 Å². The number of fused-ring (bicyclic) bond motifs is 1. The van der Waals surface area contributed by atoms with Crippen molar-refractivity contribution in [3.05, 3.63) is 16.5 Å². The van der Waals surface area contributed by atoms with Crippen molar-refractivity contribution in [1.82, 2.24) is 14.8 Å². The fourth-order valence-electron chi connectivity index (χ4n) is 2.85. The molecule has 0 saturated carbocycles. The first-order chi connectivity index (χ1) is 10.6. The Morgan fingerprint density at radius 3 is 3.09 bits per heavy atom. The predicted octanol–water partition coefficient (Wildman–Crippen LogP) is 2.64. The van der Waals surface area contributed by atoms with Gasteiger partial charge in [-0.05, 0) is 36.8 Å². The Kier molecular flexibility index (Phi) is 4.54. The summed E-state index contributed by atoms with van der Waals surface area (Å²) in [5.41, 5.74) is 6.66. The minimum atomic E-state index is -0.341. The number of rotatable bonds is 5. The van der Waals surface area contributed by atoms with Gasteiger partial charge >= 0.3 is 0 Å². The molecular formula is C15H20N4OS2. The number of nitrogens with two attached hydrogens (primary N) is 1. The highest BCUT2D eigenvalue weighted by Gasteiger charge is 2.22. The fourth-order valence-corrected chi connectivity index (χ4v) is 4.73. The third kappa shape index (κ3) is 3.05. The first kappa shape index (κ1) is 15.6. The van der Waals surface area contributed by atoms with Gasteiger partial charge in [0.25, 0.3) is 0 Å². The fraction of sp³-hybridized carbons (Fsp3) is 0.533. The van der Waals surface area contributed by atoms with Gasteiger partial charge in [0.1, 0.15) is 0 Å². The van der Waals surface area contributed by atoms with Gasteiger partial charge in [0, 0.05) is 11.9 Å². The summed E-state index contributed by atoms with van der Waals surface area (Å²) in [4.78, 5) is 13.6. The molecule has 2 heterocycles. The summed E-state index contributed by atoms with van der Waals surface area (Å²) in [5.74, 6) is 1.58. The molecule has 2 N–H and O–H groups in total. The lowest BCUT2D eigenvalue weighted by molar-refractivity contribution is -0.115. The number of aryl methyl sites for hydroxylation is 1. The van der Waals surface area contributed by atoms with Crippen LogP contribution in [0.4, 0.5) is 0 Å². The maximum Gasteiger partial charge on any atom is 0.227 e. The Balaban J connectivity index is 1.83. The smallest absolute Gasteiger partial charge is 0.227 e. The lowest BCUT2D eigenvalue weighted by atomic mass is 9.87. The second-order valence-corrected chi connectivity index (χ2v) is 7.78. The van der Waals surface area contributed by atoms with Crippen LogP contribution in [0.1, 0.15) is 30.2 Å². The molecule has 1 amide bonds. The average molecular weight is 336 g/mol. The van der Waals surface area contributed by atoms with Crippen LogP contribution >= 0.6 is 23.1 Å².